The summed E-state index contributed by atoms with van der Waals surface area (Å²) in [5.74, 6) is -0.267. The number of benzene rings is 1. The average molecular weight is 228 g/mol. The van der Waals surface area contributed by atoms with Gasteiger partial charge < -0.3 is 0 Å². The third kappa shape index (κ3) is 1.75. The van der Waals surface area contributed by atoms with E-state index in [-0.39, 0.29) is 5.82 Å². The highest BCUT2D eigenvalue weighted by molar-refractivity contribution is 5.79. The first kappa shape index (κ1) is 9.89. The first-order valence-electron chi connectivity index (χ1n) is 5.18. The Morgan fingerprint density at radius 3 is 2.76 bits per heavy atom. The highest BCUT2D eigenvalue weighted by Gasteiger charge is 2.07. The minimum absolute atomic E-state index is 0.267. The molecule has 0 saturated carbocycles. The first-order chi connectivity index (χ1) is 8.34. The number of hydrogen-bond acceptors (Lipinski definition) is 3. The zero-order valence-corrected chi connectivity index (χ0v) is 8.92. The number of nitrogens with zero attached hydrogens (tertiary/aromatic N) is 4. The van der Waals surface area contributed by atoms with Crippen LogP contribution in [0.3, 0.4) is 0 Å². The van der Waals surface area contributed by atoms with Gasteiger partial charge in [0.15, 0.2) is 0 Å². The van der Waals surface area contributed by atoms with Crippen LogP contribution in [0.5, 0.6) is 0 Å². The molecule has 5 heteroatoms. The summed E-state index contributed by atoms with van der Waals surface area (Å²) < 4.78 is 15.3. The molecule has 0 aliphatic carbocycles. The van der Waals surface area contributed by atoms with Gasteiger partial charge in [0, 0.05) is 23.3 Å². The van der Waals surface area contributed by atoms with Crippen molar-refractivity contribution in [2.24, 2.45) is 0 Å². The van der Waals surface area contributed by atoms with Crippen LogP contribution in [0, 0.1) is 5.82 Å². The van der Waals surface area contributed by atoms with E-state index >= 15 is 0 Å². The van der Waals surface area contributed by atoms with E-state index in [0.29, 0.717) is 12.1 Å². The fourth-order valence-electron chi connectivity index (χ4n) is 1.80. The molecule has 84 valence electrons. The Morgan fingerprint density at radius 1 is 1.12 bits per heavy atom. The molecule has 0 radical (unpaired) electrons. The summed E-state index contributed by atoms with van der Waals surface area (Å²) in [4.78, 5) is 7.84. The summed E-state index contributed by atoms with van der Waals surface area (Å²) in [5.41, 5.74) is 1.40. The number of rotatable bonds is 2. The molecule has 0 aliphatic rings. The molecule has 3 rings (SSSR count). The molecule has 3 aromatic rings. The highest BCUT2D eigenvalue weighted by atomic mass is 19.1. The second kappa shape index (κ2) is 3.93. The van der Waals surface area contributed by atoms with Gasteiger partial charge in [0.05, 0.1) is 12.7 Å². The van der Waals surface area contributed by atoms with Crippen LogP contribution < -0.4 is 0 Å². The number of hydrogen-bond donors (Lipinski definition) is 0. The summed E-state index contributed by atoms with van der Waals surface area (Å²) in [6.45, 7) is 0.464. The van der Waals surface area contributed by atoms with Crippen LogP contribution in [-0.2, 0) is 6.54 Å². The number of halogens is 1. The molecule has 0 fully saturated rings. The Hall–Kier alpha value is -2.30. The zero-order chi connectivity index (χ0) is 11.7. The van der Waals surface area contributed by atoms with E-state index in [2.05, 4.69) is 15.1 Å². The predicted octanol–water partition coefficient (Wildman–Crippen LogP) is 2.01. The van der Waals surface area contributed by atoms with Crippen LogP contribution in [0.25, 0.3) is 10.9 Å². The van der Waals surface area contributed by atoms with Crippen LogP contribution in [0.4, 0.5) is 4.39 Å². The van der Waals surface area contributed by atoms with Crippen molar-refractivity contribution in [3.63, 3.8) is 0 Å². The van der Waals surface area contributed by atoms with E-state index in [1.807, 2.05) is 6.07 Å². The van der Waals surface area contributed by atoms with Gasteiger partial charge in [-0.2, -0.15) is 5.10 Å². The molecule has 2 heterocycles. The Kier molecular flexibility index (Phi) is 2.29. The van der Waals surface area contributed by atoms with Crippen molar-refractivity contribution < 1.29 is 4.39 Å². The lowest BCUT2D eigenvalue weighted by Gasteiger charge is -2.03. The third-order valence-electron chi connectivity index (χ3n) is 2.56. The Labute approximate surface area is 96.7 Å². The van der Waals surface area contributed by atoms with E-state index in [9.17, 15) is 4.39 Å². The Morgan fingerprint density at radius 2 is 1.94 bits per heavy atom. The maximum absolute atomic E-state index is 13.7. The highest BCUT2D eigenvalue weighted by Crippen LogP contribution is 2.17. The summed E-state index contributed by atoms with van der Waals surface area (Å²) >= 11 is 0. The van der Waals surface area contributed by atoms with Gasteiger partial charge in [0.25, 0.3) is 0 Å². The van der Waals surface area contributed by atoms with Crippen molar-refractivity contribution >= 4 is 10.9 Å². The van der Waals surface area contributed by atoms with E-state index in [1.54, 1.807) is 29.3 Å². The lowest BCUT2D eigenvalue weighted by atomic mass is 10.2. The van der Waals surface area contributed by atoms with Gasteiger partial charge in [-0.25, -0.2) is 14.4 Å². The molecule has 0 unspecified atom stereocenters. The van der Waals surface area contributed by atoms with Gasteiger partial charge in [-0.15, -0.1) is 0 Å². The molecular formula is C12H9FN4. The second-order valence-electron chi connectivity index (χ2n) is 3.73. The van der Waals surface area contributed by atoms with Crippen LogP contribution in [0.15, 0.2) is 43.1 Å². The molecule has 0 spiro atoms. The van der Waals surface area contributed by atoms with Gasteiger partial charge in [-0.05, 0) is 6.07 Å². The van der Waals surface area contributed by atoms with Crippen LogP contribution >= 0.6 is 0 Å². The van der Waals surface area contributed by atoms with E-state index in [0.717, 1.165) is 10.9 Å². The van der Waals surface area contributed by atoms with Gasteiger partial charge in [-0.3, -0.25) is 4.68 Å². The summed E-state index contributed by atoms with van der Waals surface area (Å²) in [7, 11) is 0. The maximum atomic E-state index is 13.7. The van der Waals surface area contributed by atoms with Crippen molar-refractivity contribution in [3.8, 4) is 0 Å². The SMILES string of the molecule is Fc1cccc2cnn(Cc3cncnc3)c12. The largest absolute Gasteiger partial charge is 0.257 e. The van der Waals surface area contributed by atoms with Crippen LogP contribution in [0.2, 0.25) is 0 Å². The second-order valence-corrected chi connectivity index (χ2v) is 3.73. The molecule has 1 aromatic carbocycles. The topological polar surface area (TPSA) is 43.6 Å². The normalized spacial score (nSPS) is 10.9. The number of para-hydroxylation sites is 1. The van der Waals surface area contributed by atoms with Crippen molar-refractivity contribution in [2.75, 3.05) is 0 Å². The lowest BCUT2D eigenvalue weighted by molar-refractivity contribution is 0.615. The lowest BCUT2D eigenvalue weighted by Crippen LogP contribution is -2.03. The van der Waals surface area contributed by atoms with Crippen LogP contribution in [-0.4, -0.2) is 19.7 Å². The third-order valence-corrected chi connectivity index (χ3v) is 2.56. The van der Waals surface area contributed by atoms with Crippen molar-refractivity contribution in [1.29, 1.82) is 0 Å². The minimum Gasteiger partial charge on any atom is -0.257 e. The van der Waals surface area contributed by atoms with Crippen molar-refractivity contribution in [1.82, 2.24) is 19.7 Å². The monoisotopic (exact) mass is 228 g/mol. The first-order valence-corrected chi connectivity index (χ1v) is 5.18. The van der Waals surface area contributed by atoms with E-state index in [4.69, 9.17) is 0 Å². The smallest absolute Gasteiger partial charge is 0.149 e. The van der Waals surface area contributed by atoms with Gasteiger partial charge >= 0.3 is 0 Å². The van der Waals surface area contributed by atoms with Crippen LogP contribution in [0.1, 0.15) is 5.56 Å². The Bertz CT molecular complexity index is 648. The fraction of sp³-hybridized carbons (Fsp3) is 0.0833. The molecular weight excluding hydrogens is 219 g/mol. The van der Waals surface area contributed by atoms with Gasteiger partial charge in [0.2, 0.25) is 0 Å². The molecule has 0 atom stereocenters. The number of fused-ring (bicyclic) bond motifs is 1. The quantitative estimate of drug-likeness (QED) is 0.674. The van der Waals surface area contributed by atoms with E-state index < -0.39 is 0 Å². The molecule has 4 nitrogen and oxygen atoms in total. The predicted molar refractivity (Wildman–Crippen MR) is 60.8 cm³/mol. The average Bonchev–Trinajstić information content (AvgIpc) is 2.75. The molecule has 0 N–H and O–H groups in total. The van der Waals surface area contributed by atoms with Gasteiger partial charge in [0.1, 0.15) is 17.7 Å². The summed E-state index contributed by atoms with van der Waals surface area (Å²) in [6, 6.07) is 4.95. The molecule has 0 bridgehead atoms. The molecule has 0 amide bonds. The summed E-state index contributed by atoms with van der Waals surface area (Å²) in [5, 5.41) is 4.97. The maximum Gasteiger partial charge on any atom is 0.149 e. The van der Waals surface area contributed by atoms with Crippen molar-refractivity contribution in [2.45, 2.75) is 6.54 Å². The van der Waals surface area contributed by atoms with Gasteiger partial charge in [-0.1, -0.05) is 12.1 Å². The fourth-order valence-corrected chi connectivity index (χ4v) is 1.80. The molecule has 0 saturated heterocycles. The Balaban J connectivity index is 2.07. The zero-order valence-electron chi connectivity index (χ0n) is 8.92. The van der Waals surface area contributed by atoms with Crippen molar-refractivity contribution in [3.05, 3.63) is 54.5 Å². The standard InChI is InChI=1S/C12H9FN4/c13-11-3-1-2-10-6-16-17(12(10)11)7-9-4-14-8-15-5-9/h1-6,8H,7H2. The molecule has 17 heavy (non-hydrogen) atoms. The summed E-state index contributed by atoms with van der Waals surface area (Å²) in [6.07, 6.45) is 6.51. The minimum atomic E-state index is -0.267. The van der Waals surface area contributed by atoms with E-state index in [1.165, 1.54) is 12.4 Å². The number of aromatic nitrogens is 4. The molecule has 0 aliphatic heterocycles. The molecule has 2 aromatic heterocycles.